The summed E-state index contributed by atoms with van der Waals surface area (Å²) in [6.45, 7) is 5.17. The number of alkyl halides is 1. The van der Waals surface area contributed by atoms with Crippen LogP contribution in [0.5, 0.6) is 11.5 Å². The number of halogens is 1. The summed E-state index contributed by atoms with van der Waals surface area (Å²) in [4.78, 5) is 0. The van der Waals surface area contributed by atoms with Gasteiger partial charge in [-0.3, -0.25) is 0 Å². The van der Waals surface area contributed by atoms with Crippen molar-refractivity contribution in [2.24, 2.45) is 5.41 Å². The Balaban J connectivity index is 2.49. The van der Waals surface area contributed by atoms with E-state index in [4.69, 9.17) is 25.8 Å². The Morgan fingerprint density at radius 2 is 1.90 bits per heavy atom. The minimum Gasteiger partial charge on any atom is -0.493 e. The van der Waals surface area contributed by atoms with Crippen molar-refractivity contribution in [2.75, 3.05) is 26.7 Å². The van der Waals surface area contributed by atoms with Gasteiger partial charge in [0.2, 0.25) is 0 Å². The molecule has 1 aromatic rings. The van der Waals surface area contributed by atoms with Crippen LogP contribution in [0, 0.1) is 5.41 Å². The molecule has 0 saturated carbocycles. The standard InChI is InChI=1S/C16H23ClO3/c1-16(2)9-11-7-14(18-3)15(19-4)8-12(11)13(5-6-17)20-10-16/h7-8,13H,5-6,9-10H2,1-4H3. The number of fused-ring (bicyclic) bond motifs is 1. The number of rotatable bonds is 4. The van der Waals surface area contributed by atoms with E-state index in [-0.39, 0.29) is 11.5 Å². The number of hydrogen-bond acceptors (Lipinski definition) is 3. The first-order valence-electron chi connectivity index (χ1n) is 6.93. The van der Waals surface area contributed by atoms with Crippen LogP contribution in [0.3, 0.4) is 0 Å². The molecule has 1 unspecified atom stereocenters. The largest absolute Gasteiger partial charge is 0.493 e. The second-order valence-electron chi connectivity index (χ2n) is 6.02. The Kier molecular flexibility index (Phi) is 4.82. The van der Waals surface area contributed by atoms with Crippen LogP contribution < -0.4 is 9.47 Å². The topological polar surface area (TPSA) is 27.7 Å². The minimum atomic E-state index is 0.0316. The average Bonchev–Trinajstić information content (AvgIpc) is 2.54. The molecule has 1 aliphatic rings. The first-order valence-corrected chi connectivity index (χ1v) is 7.46. The van der Waals surface area contributed by atoms with Crippen LogP contribution in [0.2, 0.25) is 0 Å². The van der Waals surface area contributed by atoms with Gasteiger partial charge in [0.15, 0.2) is 11.5 Å². The molecule has 0 spiro atoms. The van der Waals surface area contributed by atoms with Crippen LogP contribution in [-0.2, 0) is 11.2 Å². The Bertz CT molecular complexity index is 471. The number of methoxy groups -OCH3 is 2. The fourth-order valence-electron chi connectivity index (χ4n) is 2.71. The maximum atomic E-state index is 6.08. The number of ether oxygens (including phenoxy) is 3. The zero-order valence-corrected chi connectivity index (χ0v) is 13.4. The van der Waals surface area contributed by atoms with Crippen molar-refractivity contribution < 1.29 is 14.2 Å². The van der Waals surface area contributed by atoms with Crippen LogP contribution in [-0.4, -0.2) is 26.7 Å². The second kappa shape index (κ2) is 6.23. The zero-order valence-electron chi connectivity index (χ0n) is 12.7. The van der Waals surface area contributed by atoms with Crippen LogP contribution >= 0.6 is 11.6 Å². The van der Waals surface area contributed by atoms with Gasteiger partial charge in [0.25, 0.3) is 0 Å². The van der Waals surface area contributed by atoms with Crippen LogP contribution in [0.25, 0.3) is 0 Å². The predicted octanol–water partition coefficient (Wildman–Crippen LogP) is 3.97. The van der Waals surface area contributed by atoms with E-state index >= 15 is 0 Å². The Hall–Kier alpha value is -0.930. The number of hydrogen-bond donors (Lipinski definition) is 0. The summed E-state index contributed by atoms with van der Waals surface area (Å²) >= 11 is 5.92. The lowest BCUT2D eigenvalue weighted by Crippen LogP contribution is -2.20. The summed E-state index contributed by atoms with van der Waals surface area (Å²) in [5, 5.41) is 0. The van der Waals surface area contributed by atoms with Crippen molar-refractivity contribution in [1.82, 2.24) is 0 Å². The fraction of sp³-hybridized carbons (Fsp3) is 0.625. The summed E-state index contributed by atoms with van der Waals surface area (Å²) in [7, 11) is 3.32. The molecule has 4 heteroatoms. The molecule has 20 heavy (non-hydrogen) atoms. The van der Waals surface area contributed by atoms with Gasteiger partial charge in [0.05, 0.1) is 26.9 Å². The molecule has 1 atom stereocenters. The monoisotopic (exact) mass is 298 g/mol. The summed E-state index contributed by atoms with van der Waals surface area (Å²) in [6, 6.07) is 4.11. The van der Waals surface area contributed by atoms with Crippen molar-refractivity contribution >= 4 is 11.6 Å². The van der Waals surface area contributed by atoms with Gasteiger partial charge >= 0.3 is 0 Å². The number of benzene rings is 1. The molecule has 0 fully saturated rings. The van der Waals surface area contributed by atoms with Gasteiger partial charge in [-0.15, -0.1) is 11.6 Å². The molecular formula is C16H23ClO3. The molecule has 1 heterocycles. The third kappa shape index (κ3) is 3.21. The maximum Gasteiger partial charge on any atom is 0.161 e. The Labute approximate surface area is 126 Å². The molecule has 1 aromatic carbocycles. The van der Waals surface area contributed by atoms with Gasteiger partial charge in [-0.25, -0.2) is 0 Å². The molecule has 0 radical (unpaired) electrons. The average molecular weight is 299 g/mol. The predicted molar refractivity (Wildman–Crippen MR) is 81.1 cm³/mol. The van der Waals surface area contributed by atoms with Crippen molar-refractivity contribution in [2.45, 2.75) is 32.8 Å². The third-order valence-electron chi connectivity index (χ3n) is 3.71. The fourth-order valence-corrected chi connectivity index (χ4v) is 2.91. The molecule has 112 valence electrons. The van der Waals surface area contributed by atoms with E-state index in [0.717, 1.165) is 30.9 Å². The van der Waals surface area contributed by atoms with E-state index in [1.54, 1.807) is 14.2 Å². The first-order chi connectivity index (χ1) is 9.50. The van der Waals surface area contributed by atoms with Crippen molar-refractivity contribution in [1.29, 1.82) is 0 Å². The lowest BCUT2D eigenvalue weighted by Gasteiger charge is -2.22. The molecular weight excluding hydrogens is 276 g/mol. The van der Waals surface area contributed by atoms with E-state index in [1.165, 1.54) is 11.1 Å². The molecule has 0 saturated heterocycles. The second-order valence-corrected chi connectivity index (χ2v) is 6.40. The highest BCUT2D eigenvalue weighted by molar-refractivity contribution is 6.17. The zero-order chi connectivity index (χ0) is 14.8. The first kappa shape index (κ1) is 15.5. The highest BCUT2D eigenvalue weighted by Crippen LogP contribution is 2.41. The Morgan fingerprint density at radius 1 is 1.25 bits per heavy atom. The molecule has 2 rings (SSSR count). The highest BCUT2D eigenvalue weighted by Gasteiger charge is 2.30. The minimum absolute atomic E-state index is 0.0316. The smallest absolute Gasteiger partial charge is 0.161 e. The Morgan fingerprint density at radius 3 is 2.50 bits per heavy atom. The molecule has 3 nitrogen and oxygen atoms in total. The van der Waals surface area contributed by atoms with E-state index in [9.17, 15) is 0 Å². The van der Waals surface area contributed by atoms with Gasteiger partial charge in [-0.2, -0.15) is 0 Å². The van der Waals surface area contributed by atoms with Gasteiger partial charge in [0, 0.05) is 5.88 Å². The van der Waals surface area contributed by atoms with Gasteiger partial charge in [-0.1, -0.05) is 13.8 Å². The van der Waals surface area contributed by atoms with Crippen molar-refractivity contribution in [3.8, 4) is 11.5 Å². The lowest BCUT2D eigenvalue weighted by molar-refractivity contribution is 0.00885. The van der Waals surface area contributed by atoms with Crippen LogP contribution in [0.1, 0.15) is 37.5 Å². The van der Waals surface area contributed by atoms with Crippen molar-refractivity contribution in [3.05, 3.63) is 23.3 Å². The van der Waals surface area contributed by atoms with Gasteiger partial charge in [0.1, 0.15) is 0 Å². The maximum absolute atomic E-state index is 6.08. The summed E-state index contributed by atoms with van der Waals surface area (Å²) in [6.07, 6.45) is 1.80. The van der Waals surface area contributed by atoms with E-state index in [0.29, 0.717) is 5.88 Å². The molecule has 0 aromatic heterocycles. The normalized spacial score (nSPS) is 20.9. The van der Waals surface area contributed by atoms with Crippen LogP contribution in [0.4, 0.5) is 0 Å². The molecule has 0 bridgehead atoms. The quantitative estimate of drug-likeness (QED) is 0.787. The van der Waals surface area contributed by atoms with Gasteiger partial charge in [-0.05, 0) is 41.5 Å². The summed E-state index contributed by atoms with van der Waals surface area (Å²) in [5.74, 6) is 2.10. The molecule has 0 N–H and O–H groups in total. The molecule has 1 aliphatic heterocycles. The van der Waals surface area contributed by atoms with E-state index in [2.05, 4.69) is 19.9 Å². The van der Waals surface area contributed by atoms with E-state index < -0.39 is 0 Å². The highest BCUT2D eigenvalue weighted by atomic mass is 35.5. The van der Waals surface area contributed by atoms with Crippen LogP contribution in [0.15, 0.2) is 12.1 Å². The van der Waals surface area contributed by atoms with E-state index in [1.807, 2.05) is 6.07 Å². The molecule has 0 aliphatic carbocycles. The van der Waals surface area contributed by atoms with Gasteiger partial charge < -0.3 is 14.2 Å². The summed E-state index contributed by atoms with van der Waals surface area (Å²) < 4.78 is 16.9. The molecule has 0 amide bonds. The summed E-state index contributed by atoms with van der Waals surface area (Å²) in [5.41, 5.74) is 2.55. The third-order valence-corrected chi connectivity index (χ3v) is 3.93. The SMILES string of the molecule is COc1cc2c(cc1OC)C(CCCl)OCC(C)(C)C2. The lowest BCUT2D eigenvalue weighted by atomic mass is 9.85. The van der Waals surface area contributed by atoms with Crippen molar-refractivity contribution in [3.63, 3.8) is 0 Å².